The fourth-order valence-corrected chi connectivity index (χ4v) is 3.09. The molecule has 0 aromatic carbocycles. The number of ether oxygens (including phenoxy) is 2. The van der Waals surface area contributed by atoms with E-state index < -0.39 is 77.7 Å². The number of carboxylic acids is 3. The number of hydrogen-bond acceptors (Lipinski definition) is 8. The minimum atomic E-state index is -2.24. The lowest BCUT2D eigenvalue weighted by Gasteiger charge is -2.41. The van der Waals surface area contributed by atoms with E-state index >= 15 is 0 Å². The van der Waals surface area contributed by atoms with Crippen molar-refractivity contribution in [3.8, 4) is 0 Å². The molecule has 0 radical (unpaired) electrons. The molecular formula is C18H22O11. The predicted molar refractivity (Wildman–Crippen MR) is 94.0 cm³/mol. The Labute approximate surface area is 165 Å². The van der Waals surface area contributed by atoms with Crippen LogP contribution in [0.5, 0.6) is 0 Å². The lowest BCUT2D eigenvalue weighted by atomic mass is 9.67. The number of ketones is 2. The molecule has 1 aliphatic rings. The van der Waals surface area contributed by atoms with Gasteiger partial charge in [-0.15, -0.1) is 0 Å². The van der Waals surface area contributed by atoms with Gasteiger partial charge in [0, 0.05) is 12.8 Å². The van der Waals surface area contributed by atoms with Gasteiger partial charge in [-0.05, 0) is 6.08 Å². The quantitative estimate of drug-likeness (QED) is 0.352. The van der Waals surface area contributed by atoms with Crippen LogP contribution in [0.25, 0.3) is 0 Å². The Bertz CT molecular complexity index is 777. The summed E-state index contributed by atoms with van der Waals surface area (Å²) in [7, 11) is 0. The third kappa shape index (κ3) is 5.19. The molecule has 0 heterocycles. The van der Waals surface area contributed by atoms with E-state index in [9.17, 15) is 34.2 Å². The number of hydrogen-bond donors (Lipinski definition) is 4. The molecule has 2 atom stereocenters. The summed E-state index contributed by atoms with van der Waals surface area (Å²) in [4.78, 5) is 58.9. The normalized spacial score (nSPS) is 21.3. The van der Waals surface area contributed by atoms with Crippen molar-refractivity contribution >= 4 is 29.5 Å². The Kier molecular flexibility index (Phi) is 8.07. The highest BCUT2D eigenvalue weighted by molar-refractivity contribution is 6.03. The molecule has 11 nitrogen and oxygen atoms in total. The largest absolute Gasteiger partial charge is 0.507 e. The molecule has 0 spiro atoms. The van der Waals surface area contributed by atoms with Crippen molar-refractivity contribution in [2.24, 2.45) is 5.41 Å². The Balaban J connectivity index is 3.83. The molecule has 2 unspecified atom stereocenters. The molecule has 1 rings (SSSR count). The highest BCUT2D eigenvalue weighted by atomic mass is 16.5. The van der Waals surface area contributed by atoms with Gasteiger partial charge in [0.2, 0.25) is 0 Å². The predicted octanol–water partition coefficient (Wildman–Crippen LogP) is 0.686. The van der Waals surface area contributed by atoms with Crippen molar-refractivity contribution in [3.05, 3.63) is 23.2 Å². The molecule has 1 aliphatic carbocycles. The number of allylic oxidation sites excluding steroid dienone is 1. The molecule has 11 heteroatoms. The van der Waals surface area contributed by atoms with Gasteiger partial charge in [0.1, 0.15) is 35.4 Å². The summed E-state index contributed by atoms with van der Waals surface area (Å²) >= 11 is 0. The topological polar surface area (TPSA) is 185 Å². The molecule has 0 fully saturated rings. The third-order valence-corrected chi connectivity index (χ3v) is 4.26. The molecule has 29 heavy (non-hydrogen) atoms. The van der Waals surface area contributed by atoms with E-state index in [-0.39, 0.29) is 12.8 Å². The van der Waals surface area contributed by atoms with Crippen LogP contribution < -0.4 is 0 Å². The van der Waals surface area contributed by atoms with Gasteiger partial charge in [0.15, 0.2) is 12.4 Å². The Morgan fingerprint density at radius 3 is 2.00 bits per heavy atom. The minimum Gasteiger partial charge on any atom is -0.507 e. The highest BCUT2D eigenvalue weighted by Crippen LogP contribution is 2.46. The second kappa shape index (κ2) is 9.82. The first-order valence-electron chi connectivity index (χ1n) is 8.63. The zero-order chi connectivity index (χ0) is 22.4. The number of carbonyl (C=O) groups is 5. The third-order valence-electron chi connectivity index (χ3n) is 4.26. The van der Waals surface area contributed by atoms with Crippen molar-refractivity contribution in [3.63, 3.8) is 0 Å². The smallest absolute Gasteiger partial charge is 0.341 e. The molecule has 4 N–H and O–H groups in total. The summed E-state index contributed by atoms with van der Waals surface area (Å²) in [6.07, 6.45) is -2.17. The zero-order valence-corrected chi connectivity index (χ0v) is 15.8. The van der Waals surface area contributed by atoms with Crippen LogP contribution in [-0.4, -0.2) is 69.2 Å². The van der Waals surface area contributed by atoms with Crippen LogP contribution in [0.1, 0.15) is 33.1 Å². The number of rotatable bonds is 12. The molecule has 160 valence electrons. The number of aliphatic carboxylic acids is 3. The van der Waals surface area contributed by atoms with E-state index in [0.717, 1.165) is 6.08 Å². The van der Waals surface area contributed by atoms with Gasteiger partial charge in [0.25, 0.3) is 0 Å². The molecule has 0 bridgehead atoms. The molecule has 0 aromatic heterocycles. The molecule has 0 saturated heterocycles. The number of aliphatic hydroxyl groups is 1. The maximum atomic E-state index is 12.9. The second-order valence-corrected chi connectivity index (χ2v) is 6.16. The van der Waals surface area contributed by atoms with Crippen LogP contribution in [0.4, 0.5) is 0 Å². The van der Waals surface area contributed by atoms with Crippen LogP contribution in [-0.2, 0) is 33.4 Å². The van der Waals surface area contributed by atoms with E-state index in [4.69, 9.17) is 19.7 Å². The van der Waals surface area contributed by atoms with E-state index in [2.05, 4.69) is 0 Å². The lowest BCUT2D eigenvalue weighted by molar-refractivity contribution is -0.157. The summed E-state index contributed by atoms with van der Waals surface area (Å²) in [6.45, 7) is 0.850. The zero-order valence-electron chi connectivity index (χ0n) is 15.8. The Morgan fingerprint density at radius 2 is 1.55 bits per heavy atom. The number of carbonyl (C=O) groups excluding carboxylic acids is 2. The van der Waals surface area contributed by atoms with E-state index in [1.165, 1.54) is 13.8 Å². The maximum absolute atomic E-state index is 12.9. The summed E-state index contributed by atoms with van der Waals surface area (Å²) in [5.41, 5.74) is -2.77. The first-order valence-corrected chi connectivity index (χ1v) is 8.63. The average molecular weight is 414 g/mol. The first-order chi connectivity index (χ1) is 13.5. The van der Waals surface area contributed by atoms with Gasteiger partial charge >= 0.3 is 17.9 Å². The summed E-state index contributed by atoms with van der Waals surface area (Å²) in [6, 6.07) is 0. The van der Waals surface area contributed by atoms with Crippen LogP contribution >= 0.6 is 0 Å². The SMILES string of the molecule is CCC(=O)C1=C(OCC(=O)O)C(CC(=O)O)(C(=O)CC)C(OCC(=O)O)C=C1O. The Morgan fingerprint density at radius 1 is 0.966 bits per heavy atom. The van der Waals surface area contributed by atoms with E-state index in [1.807, 2.05) is 0 Å². The standard InChI is InChI=1S/C18H22O11/c1-3-9(19)16-10(20)5-12(28-7-14(24)25)18(6-13(22)23,11(21)4-2)17(16)29-8-15(26)27/h5,12,20H,3-4,6-8H2,1-2H3,(H,22,23)(H,24,25)(H,26,27). The highest BCUT2D eigenvalue weighted by Gasteiger charge is 2.55. The van der Waals surface area contributed by atoms with Crippen LogP contribution in [0.15, 0.2) is 23.2 Å². The van der Waals surface area contributed by atoms with Gasteiger partial charge in [-0.25, -0.2) is 9.59 Å². The van der Waals surface area contributed by atoms with E-state index in [1.54, 1.807) is 0 Å². The fraction of sp³-hybridized carbons (Fsp3) is 0.500. The van der Waals surface area contributed by atoms with Crippen molar-refractivity contribution in [2.45, 2.75) is 39.2 Å². The molecule has 0 aliphatic heterocycles. The lowest BCUT2D eigenvalue weighted by Crippen LogP contribution is -2.50. The summed E-state index contributed by atoms with van der Waals surface area (Å²) < 4.78 is 10.3. The molecule has 0 saturated carbocycles. The number of Topliss-reactive ketones (excluding diaryl/α,β-unsaturated/α-hetero) is 2. The monoisotopic (exact) mass is 414 g/mol. The van der Waals surface area contributed by atoms with Crippen molar-refractivity contribution < 1.29 is 53.9 Å². The van der Waals surface area contributed by atoms with Crippen molar-refractivity contribution in [1.82, 2.24) is 0 Å². The number of aliphatic hydroxyl groups excluding tert-OH is 1. The minimum absolute atomic E-state index is 0.169. The fourth-order valence-electron chi connectivity index (χ4n) is 3.09. The summed E-state index contributed by atoms with van der Waals surface area (Å²) in [5.74, 6) is -7.32. The van der Waals surface area contributed by atoms with E-state index in [0.29, 0.717) is 0 Å². The van der Waals surface area contributed by atoms with Crippen LogP contribution in [0, 0.1) is 5.41 Å². The first kappa shape index (κ1) is 23.8. The van der Waals surface area contributed by atoms with Gasteiger partial charge in [-0.2, -0.15) is 0 Å². The van der Waals surface area contributed by atoms with Gasteiger partial charge in [-0.1, -0.05) is 13.8 Å². The van der Waals surface area contributed by atoms with Crippen LogP contribution in [0.3, 0.4) is 0 Å². The van der Waals surface area contributed by atoms with Gasteiger partial charge in [0.05, 0.1) is 12.0 Å². The molecular weight excluding hydrogens is 392 g/mol. The molecule has 0 amide bonds. The maximum Gasteiger partial charge on any atom is 0.341 e. The van der Waals surface area contributed by atoms with Crippen molar-refractivity contribution in [2.75, 3.05) is 13.2 Å². The van der Waals surface area contributed by atoms with Crippen LogP contribution in [0.2, 0.25) is 0 Å². The van der Waals surface area contributed by atoms with Gasteiger partial charge < -0.3 is 29.9 Å². The number of carboxylic acid groups (broad SMARTS) is 3. The summed E-state index contributed by atoms with van der Waals surface area (Å²) in [5, 5.41) is 37.6. The average Bonchev–Trinajstić information content (AvgIpc) is 2.64. The second-order valence-electron chi connectivity index (χ2n) is 6.16. The molecule has 0 aromatic rings. The Hall–Kier alpha value is -3.21. The van der Waals surface area contributed by atoms with Crippen molar-refractivity contribution in [1.29, 1.82) is 0 Å². The van der Waals surface area contributed by atoms with Gasteiger partial charge in [-0.3, -0.25) is 14.4 Å².